The van der Waals surface area contributed by atoms with Crippen LogP contribution in [0.4, 0.5) is 0 Å². The lowest BCUT2D eigenvalue weighted by Crippen LogP contribution is -2.48. The van der Waals surface area contributed by atoms with Gasteiger partial charge in [0.05, 0.1) is 18.7 Å². The smallest absolute Gasteiger partial charge is 0.230 e. The molecule has 1 aliphatic heterocycles. The molecule has 1 atom stereocenters. The van der Waals surface area contributed by atoms with E-state index in [4.69, 9.17) is 4.52 Å². The van der Waals surface area contributed by atoms with Gasteiger partial charge in [0.2, 0.25) is 5.91 Å². The van der Waals surface area contributed by atoms with E-state index >= 15 is 0 Å². The summed E-state index contributed by atoms with van der Waals surface area (Å²) in [4.78, 5) is 14.3. The van der Waals surface area contributed by atoms with Crippen LogP contribution in [0.25, 0.3) is 0 Å². The number of aliphatic hydroxyl groups is 1. The van der Waals surface area contributed by atoms with Gasteiger partial charge in [0.25, 0.3) is 0 Å². The van der Waals surface area contributed by atoms with Gasteiger partial charge < -0.3 is 14.5 Å². The van der Waals surface area contributed by atoms with Crippen LogP contribution in [0.1, 0.15) is 44.6 Å². The Morgan fingerprint density at radius 3 is 2.91 bits per heavy atom. The minimum absolute atomic E-state index is 0.0471. The Kier molecular flexibility index (Phi) is 5.40. The van der Waals surface area contributed by atoms with E-state index in [2.05, 4.69) is 25.1 Å². The van der Waals surface area contributed by atoms with E-state index in [0.29, 0.717) is 12.3 Å². The maximum absolute atomic E-state index is 12.5. The molecule has 122 valence electrons. The SMILES string of the molecule is CC(C)=CC[C@]1(CO)CCCN(C(=O)Cc2cc(C)no2)C1. The first kappa shape index (κ1) is 16.7. The third kappa shape index (κ3) is 4.19. The third-order valence-electron chi connectivity index (χ3n) is 4.30. The molecular formula is C17H26N2O3. The first-order valence-corrected chi connectivity index (χ1v) is 7.88. The average Bonchev–Trinajstić information content (AvgIpc) is 2.90. The molecule has 1 saturated heterocycles. The van der Waals surface area contributed by atoms with Gasteiger partial charge in [-0.25, -0.2) is 0 Å². The van der Waals surface area contributed by atoms with Crippen LogP contribution < -0.4 is 0 Å². The summed E-state index contributed by atoms with van der Waals surface area (Å²) in [5.41, 5.74) is 1.82. The molecule has 0 spiro atoms. The summed E-state index contributed by atoms with van der Waals surface area (Å²) in [5.74, 6) is 0.651. The zero-order valence-corrected chi connectivity index (χ0v) is 13.8. The van der Waals surface area contributed by atoms with Crippen LogP contribution in [0, 0.1) is 12.3 Å². The molecule has 0 aliphatic carbocycles. The number of aryl methyl sites for hydroxylation is 1. The average molecular weight is 306 g/mol. The van der Waals surface area contributed by atoms with E-state index < -0.39 is 0 Å². The number of likely N-dealkylation sites (tertiary alicyclic amines) is 1. The zero-order valence-electron chi connectivity index (χ0n) is 13.8. The van der Waals surface area contributed by atoms with Gasteiger partial charge in [-0.1, -0.05) is 16.8 Å². The molecule has 1 fully saturated rings. The van der Waals surface area contributed by atoms with Crippen molar-refractivity contribution in [2.75, 3.05) is 19.7 Å². The Hall–Kier alpha value is -1.62. The molecule has 5 nitrogen and oxygen atoms in total. The van der Waals surface area contributed by atoms with Crippen molar-refractivity contribution in [2.24, 2.45) is 5.41 Å². The minimum Gasteiger partial charge on any atom is -0.396 e. The van der Waals surface area contributed by atoms with Gasteiger partial charge >= 0.3 is 0 Å². The van der Waals surface area contributed by atoms with Gasteiger partial charge in [0.15, 0.2) is 0 Å². The number of carbonyl (C=O) groups excluding carboxylic acids is 1. The normalized spacial score (nSPS) is 21.7. The number of hydrogen-bond acceptors (Lipinski definition) is 4. The van der Waals surface area contributed by atoms with Gasteiger partial charge in [0.1, 0.15) is 5.76 Å². The molecule has 1 aromatic rings. The fourth-order valence-corrected chi connectivity index (χ4v) is 2.96. The largest absolute Gasteiger partial charge is 0.396 e. The Balaban J connectivity index is 2.02. The minimum atomic E-state index is -0.206. The van der Waals surface area contributed by atoms with Gasteiger partial charge in [-0.3, -0.25) is 4.79 Å². The van der Waals surface area contributed by atoms with Crippen LogP contribution in [0.2, 0.25) is 0 Å². The van der Waals surface area contributed by atoms with Crippen molar-refractivity contribution in [1.29, 1.82) is 0 Å². The van der Waals surface area contributed by atoms with Gasteiger partial charge in [-0.05, 0) is 40.0 Å². The Bertz CT molecular complexity index is 546. The Morgan fingerprint density at radius 2 is 2.32 bits per heavy atom. The van der Waals surface area contributed by atoms with E-state index in [0.717, 1.165) is 31.5 Å². The first-order valence-electron chi connectivity index (χ1n) is 7.88. The zero-order chi connectivity index (χ0) is 16.2. The summed E-state index contributed by atoms with van der Waals surface area (Å²) < 4.78 is 5.13. The summed E-state index contributed by atoms with van der Waals surface area (Å²) in [6.07, 6.45) is 5.10. The summed E-state index contributed by atoms with van der Waals surface area (Å²) in [6.45, 7) is 7.43. The highest BCUT2D eigenvalue weighted by Crippen LogP contribution is 2.34. The summed E-state index contributed by atoms with van der Waals surface area (Å²) >= 11 is 0. The highest BCUT2D eigenvalue weighted by Gasteiger charge is 2.36. The van der Waals surface area contributed by atoms with Crippen molar-refractivity contribution < 1.29 is 14.4 Å². The van der Waals surface area contributed by atoms with E-state index in [-0.39, 0.29) is 24.3 Å². The van der Waals surface area contributed by atoms with Crippen molar-refractivity contribution in [3.63, 3.8) is 0 Å². The number of carbonyl (C=O) groups is 1. The predicted molar refractivity (Wildman–Crippen MR) is 84.3 cm³/mol. The highest BCUT2D eigenvalue weighted by atomic mass is 16.5. The molecule has 1 aromatic heterocycles. The molecule has 0 saturated carbocycles. The molecule has 1 aliphatic rings. The molecule has 2 heterocycles. The fraction of sp³-hybridized carbons (Fsp3) is 0.647. The number of hydrogen-bond donors (Lipinski definition) is 1. The van der Waals surface area contributed by atoms with E-state index in [1.807, 2.05) is 11.8 Å². The summed E-state index contributed by atoms with van der Waals surface area (Å²) in [6, 6.07) is 1.80. The van der Waals surface area contributed by atoms with Gasteiger partial charge in [-0.15, -0.1) is 0 Å². The van der Waals surface area contributed by atoms with Crippen molar-refractivity contribution in [3.8, 4) is 0 Å². The Morgan fingerprint density at radius 1 is 1.55 bits per heavy atom. The number of rotatable bonds is 5. The molecule has 22 heavy (non-hydrogen) atoms. The lowest BCUT2D eigenvalue weighted by molar-refractivity contribution is -0.135. The molecule has 0 unspecified atom stereocenters. The first-order chi connectivity index (χ1) is 10.4. The number of nitrogens with zero attached hydrogens (tertiary/aromatic N) is 2. The quantitative estimate of drug-likeness (QED) is 0.849. The molecule has 1 amide bonds. The standard InChI is InChI=1S/C17H26N2O3/c1-13(2)5-7-17(12-20)6-4-8-19(11-17)16(21)10-15-9-14(3)18-22-15/h5,9,20H,4,6-8,10-12H2,1-3H3/t17-/m1/s1. The second-order valence-corrected chi connectivity index (χ2v) is 6.67. The second-order valence-electron chi connectivity index (χ2n) is 6.67. The van der Waals surface area contributed by atoms with Gasteiger partial charge in [0, 0.05) is 24.6 Å². The van der Waals surface area contributed by atoms with Gasteiger partial charge in [-0.2, -0.15) is 0 Å². The highest BCUT2D eigenvalue weighted by molar-refractivity contribution is 5.78. The summed E-state index contributed by atoms with van der Waals surface area (Å²) in [5, 5.41) is 13.7. The topological polar surface area (TPSA) is 66.6 Å². The van der Waals surface area contributed by atoms with Crippen molar-refractivity contribution in [1.82, 2.24) is 10.1 Å². The molecular weight excluding hydrogens is 280 g/mol. The monoisotopic (exact) mass is 306 g/mol. The van der Waals surface area contributed by atoms with E-state index in [9.17, 15) is 9.90 Å². The molecule has 0 aromatic carbocycles. The number of amides is 1. The van der Waals surface area contributed by atoms with Crippen LogP contribution in [0.3, 0.4) is 0 Å². The maximum atomic E-state index is 12.5. The second kappa shape index (κ2) is 7.09. The van der Waals surface area contributed by atoms with Crippen LogP contribution in [0.5, 0.6) is 0 Å². The number of aromatic nitrogens is 1. The molecule has 2 rings (SSSR count). The third-order valence-corrected chi connectivity index (χ3v) is 4.30. The fourth-order valence-electron chi connectivity index (χ4n) is 2.96. The van der Waals surface area contributed by atoms with E-state index in [1.54, 1.807) is 6.07 Å². The maximum Gasteiger partial charge on any atom is 0.230 e. The van der Waals surface area contributed by atoms with Crippen LogP contribution in [0.15, 0.2) is 22.2 Å². The number of piperidine rings is 1. The number of aliphatic hydroxyl groups excluding tert-OH is 1. The predicted octanol–water partition coefficient (Wildman–Crippen LogP) is 2.48. The van der Waals surface area contributed by atoms with E-state index in [1.165, 1.54) is 5.57 Å². The molecule has 5 heteroatoms. The Labute approximate surface area is 132 Å². The summed E-state index contributed by atoms with van der Waals surface area (Å²) in [7, 11) is 0. The van der Waals surface area contributed by atoms with Crippen molar-refractivity contribution in [2.45, 2.75) is 46.5 Å². The van der Waals surface area contributed by atoms with Crippen LogP contribution in [-0.4, -0.2) is 40.8 Å². The number of allylic oxidation sites excluding steroid dienone is 2. The molecule has 1 N–H and O–H groups in total. The van der Waals surface area contributed by atoms with Crippen LogP contribution in [-0.2, 0) is 11.2 Å². The molecule has 0 radical (unpaired) electrons. The lowest BCUT2D eigenvalue weighted by atomic mass is 9.77. The lowest BCUT2D eigenvalue weighted by Gasteiger charge is -2.41. The molecule has 0 bridgehead atoms. The van der Waals surface area contributed by atoms with Crippen LogP contribution >= 0.6 is 0 Å². The van der Waals surface area contributed by atoms with Crippen molar-refractivity contribution >= 4 is 5.91 Å². The van der Waals surface area contributed by atoms with Crippen molar-refractivity contribution in [3.05, 3.63) is 29.2 Å².